The smallest absolute Gasteiger partial charge is 0.219 e. The van der Waals surface area contributed by atoms with Gasteiger partial charge in [0.1, 0.15) is 6.29 Å². The topological polar surface area (TPSA) is 37.4 Å². The Balaban J connectivity index is 2.22. The molecule has 0 saturated carbocycles. The predicted octanol–water partition coefficient (Wildman–Crippen LogP) is 1.22. The highest BCUT2D eigenvalue weighted by Gasteiger charge is 2.19. The van der Waals surface area contributed by atoms with Crippen LogP contribution in [0.5, 0.6) is 0 Å². The number of nitrogens with zero attached hydrogens (tertiary/aromatic N) is 1. The number of piperidine rings is 1. The highest BCUT2D eigenvalue weighted by atomic mass is 16.2. The number of hydrogen-bond donors (Lipinski definition) is 0. The van der Waals surface area contributed by atoms with Crippen molar-refractivity contribution < 1.29 is 9.59 Å². The maximum absolute atomic E-state index is 11.0. The third-order valence-electron chi connectivity index (χ3n) is 2.75. The van der Waals surface area contributed by atoms with Crippen LogP contribution in [0.15, 0.2) is 0 Å². The second kappa shape index (κ2) is 5.00. The van der Waals surface area contributed by atoms with E-state index in [9.17, 15) is 9.59 Å². The molecule has 13 heavy (non-hydrogen) atoms. The van der Waals surface area contributed by atoms with Crippen LogP contribution in [0.25, 0.3) is 0 Å². The van der Waals surface area contributed by atoms with Gasteiger partial charge in [0, 0.05) is 26.4 Å². The van der Waals surface area contributed by atoms with E-state index in [2.05, 4.69) is 0 Å². The highest BCUT2D eigenvalue weighted by Crippen LogP contribution is 2.21. The summed E-state index contributed by atoms with van der Waals surface area (Å²) in [7, 11) is 0. The zero-order valence-corrected chi connectivity index (χ0v) is 8.16. The Labute approximate surface area is 79.1 Å². The van der Waals surface area contributed by atoms with Crippen molar-refractivity contribution >= 4 is 12.2 Å². The zero-order valence-electron chi connectivity index (χ0n) is 8.16. The fraction of sp³-hybridized carbons (Fsp3) is 0.800. The van der Waals surface area contributed by atoms with Crippen molar-refractivity contribution in [1.82, 2.24) is 4.90 Å². The molecule has 0 aromatic carbocycles. The van der Waals surface area contributed by atoms with Crippen molar-refractivity contribution in [3.05, 3.63) is 0 Å². The Kier molecular flexibility index (Phi) is 3.93. The van der Waals surface area contributed by atoms with E-state index in [0.29, 0.717) is 12.3 Å². The Morgan fingerprint density at radius 2 is 2.08 bits per heavy atom. The Bertz CT molecular complexity index is 183. The quantitative estimate of drug-likeness (QED) is 0.617. The van der Waals surface area contributed by atoms with Gasteiger partial charge in [0.2, 0.25) is 5.91 Å². The van der Waals surface area contributed by atoms with Gasteiger partial charge < -0.3 is 9.69 Å². The second-order valence-corrected chi connectivity index (χ2v) is 3.69. The highest BCUT2D eigenvalue weighted by molar-refractivity contribution is 5.73. The normalized spacial score (nSPS) is 18.7. The van der Waals surface area contributed by atoms with E-state index in [1.165, 1.54) is 0 Å². The van der Waals surface area contributed by atoms with E-state index in [4.69, 9.17) is 0 Å². The van der Waals surface area contributed by atoms with E-state index in [1.54, 1.807) is 6.92 Å². The van der Waals surface area contributed by atoms with Crippen molar-refractivity contribution in [2.75, 3.05) is 13.1 Å². The van der Waals surface area contributed by atoms with Gasteiger partial charge in [-0.25, -0.2) is 0 Å². The number of amides is 1. The third kappa shape index (κ3) is 3.17. The summed E-state index contributed by atoms with van der Waals surface area (Å²) < 4.78 is 0. The van der Waals surface area contributed by atoms with Crippen molar-refractivity contribution in [1.29, 1.82) is 0 Å². The summed E-state index contributed by atoms with van der Waals surface area (Å²) in [5, 5.41) is 0. The molecule has 1 amide bonds. The lowest BCUT2D eigenvalue weighted by molar-refractivity contribution is -0.130. The Morgan fingerprint density at radius 1 is 1.46 bits per heavy atom. The summed E-state index contributed by atoms with van der Waals surface area (Å²) in [6.45, 7) is 3.36. The van der Waals surface area contributed by atoms with Gasteiger partial charge in [-0.1, -0.05) is 0 Å². The number of aldehydes is 1. The summed E-state index contributed by atoms with van der Waals surface area (Å²) in [6, 6.07) is 0. The fourth-order valence-electron chi connectivity index (χ4n) is 1.84. The van der Waals surface area contributed by atoms with Crippen LogP contribution in [0.1, 0.15) is 32.6 Å². The van der Waals surface area contributed by atoms with Gasteiger partial charge in [0.05, 0.1) is 0 Å². The molecule has 0 bridgehead atoms. The lowest BCUT2D eigenvalue weighted by Gasteiger charge is -2.30. The van der Waals surface area contributed by atoms with Crippen molar-refractivity contribution in [2.24, 2.45) is 5.92 Å². The Morgan fingerprint density at radius 3 is 2.54 bits per heavy atom. The first-order chi connectivity index (χ1) is 6.24. The van der Waals surface area contributed by atoms with Crippen LogP contribution in [0.3, 0.4) is 0 Å². The first-order valence-electron chi connectivity index (χ1n) is 4.93. The molecule has 3 nitrogen and oxygen atoms in total. The van der Waals surface area contributed by atoms with Gasteiger partial charge in [0.15, 0.2) is 0 Å². The summed E-state index contributed by atoms with van der Waals surface area (Å²) in [6.07, 6.45) is 4.78. The summed E-state index contributed by atoms with van der Waals surface area (Å²) in [4.78, 5) is 23.0. The maximum Gasteiger partial charge on any atom is 0.219 e. The molecule has 0 unspecified atom stereocenters. The average Bonchev–Trinajstić information content (AvgIpc) is 2.15. The number of hydrogen-bond acceptors (Lipinski definition) is 2. The average molecular weight is 183 g/mol. The standard InChI is InChI=1S/C10H17NO2/c1-9(13)11-6-4-10(5-7-11)3-2-8-12/h8,10H,2-7H2,1H3. The van der Waals surface area contributed by atoms with Gasteiger partial charge in [-0.15, -0.1) is 0 Å². The molecule has 1 aliphatic rings. The molecular formula is C10H17NO2. The molecule has 0 radical (unpaired) electrons. The molecular weight excluding hydrogens is 166 g/mol. The number of likely N-dealkylation sites (tertiary alicyclic amines) is 1. The molecule has 1 heterocycles. The molecule has 1 aliphatic heterocycles. The second-order valence-electron chi connectivity index (χ2n) is 3.69. The van der Waals surface area contributed by atoms with Gasteiger partial charge in [-0.2, -0.15) is 0 Å². The molecule has 0 aliphatic carbocycles. The molecule has 0 spiro atoms. The molecule has 0 aromatic rings. The minimum Gasteiger partial charge on any atom is -0.343 e. The third-order valence-corrected chi connectivity index (χ3v) is 2.75. The van der Waals surface area contributed by atoms with E-state index < -0.39 is 0 Å². The number of rotatable bonds is 3. The van der Waals surface area contributed by atoms with Crippen molar-refractivity contribution in [3.63, 3.8) is 0 Å². The van der Waals surface area contributed by atoms with Crippen LogP contribution in [-0.4, -0.2) is 30.2 Å². The SMILES string of the molecule is CC(=O)N1CCC(CCC=O)CC1. The minimum atomic E-state index is 0.175. The molecule has 1 rings (SSSR count). The van der Waals surface area contributed by atoms with Crippen molar-refractivity contribution in [2.45, 2.75) is 32.6 Å². The largest absolute Gasteiger partial charge is 0.343 e. The first-order valence-corrected chi connectivity index (χ1v) is 4.93. The lowest BCUT2D eigenvalue weighted by Crippen LogP contribution is -2.36. The van der Waals surface area contributed by atoms with Crippen LogP contribution < -0.4 is 0 Å². The molecule has 0 N–H and O–H groups in total. The van der Waals surface area contributed by atoms with Crippen LogP contribution in [-0.2, 0) is 9.59 Å². The van der Waals surface area contributed by atoms with Gasteiger partial charge >= 0.3 is 0 Å². The summed E-state index contributed by atoms with van der Waals surface area (Å²) in [5.41, 5.74) is 0. The van der Waals surface area contributed by atoms with Gasteiger partial charge in [-0.05, 0) is 25.2 Å². The number of carbonyl (C=O) groups is 2. The van der Waals surface area contributed by atoms with Crippen molar-refractivity contribution in [3.8, 4) is 0 Å². The van der Waals surface area contributed by atoms with E-state index >= 15 is 0 Å². The molecule has 0 atom stereocenters. The zero-order chi connectivity index (χ0) is 9.68. The fourth-order valence-corrected chi connectivity index (χ4v) is 1.84. The van der Waals surface area contributed by atoms with Gasteiger partial charge in [-0.3, -0.25) is 4.79 Å². The van der Waals surface area contributed by atoms with E-state index in [1.807, 2.05) is 4.90 Å². The summed E-state index contributed by atoms with van der Waals surface area (Å²) >= 11 is 0. The lowest BCUT2D eigenvalue weighted by atomic mass is 9.92. The van der Waals surface area contributed by atoms with E-state index in [-0.39, 0.29) is 5.91 Å². The molecule has 0 aromatic heterocycles. The van der Waals surface area contributed by atoms with Crippen LogP contribution >= 0.6 is 0 Å². The van der Waals surface area contributed by atoms with Gasteiger partial charge in [0.25, 0.3) is 0 Å². The Hall–Kier alpha value is -0.860. The number of carbonyl (C=O) groups excluding carboxylic acids is 2. The van der Waals surface area contributed by atoms with Crippen LogP contribution in [0.2, 0.25) is 0 Å². The molecule has 74 valence electrons. The maximum atomic E-state index is 11.0. The molecule has 1 fully saturated rings. The molecule has 1 saturated heterocycles. The monoisotopic (exact) mass is 183 g/mol. The van der Waals surface area contributed by atoms with Crippen LogP contribution in [0, 0.1) is 5.92 Å². The molecule has 3 heteroatoms. The van der Waals surface area contributed by atoms with Crippen LogP contribution in [0.4, 0.5) is 0 Å². The predicted molar refractivity (Wildman–Crippen MR) is 50.3 cm³/mol. The first kappa shape index (κ1) is 10.2. The summed E-state index contributed by atoms with van der Waals surface area (Å²) in [5.74, 6) is 0.828. The van der Waals surface area contributed by atoms with E-state index in [0.717, 1.165) is 38.6 Å². The minimum absolute atomic E-state index is 0.175.